The summed E-state index contributed by atoms with van der Waals surface area (Å²) in [5, 5.41) is 2.45. The van der Waals surface area contributed by atoms with Gasteiger partial charge in [0.2, 0.25) is 0 Å². The highest BCUT2D eigenvalue weighted by Gasteiger charge is 2.42. The van der Waals surface area contributed by atoms with E-state index >= 15 is 0 Å². The van der Waals surface area contributed by atoms with Crippen LogP contribution in [0.4, 0.5) is 0 Å². The van der Waals surface area contributed by atoms with Crippen LogP contribution in [0.3, 0.4) is 0 Å². The summed E-state index contributed by atoms with van der Waals surface area (Å²) in [6.07, 6.45) is 5.16. The Morgan fingerprint density at radius 2 is 1.70 bits per heavy atom. The van der Waals surface area contributed by atoms with Crippen molar-refractivity contribution in [2.75, 3.05) is 13.3 Å². The van der Waals surface area contributed by atoms with Crippen molar-refractivity contribution < 1.29 is 19.2 Å². The number of halogens is 1. The van der Waals surface area contributed by atoms with Gasteiger partial charge in [0, 0.05) is 56.1 Å². The smallest absolute Gasteiger partial charge is 0.276 e. The molecule has 0 N–H and O–H groups in total. The zero-order chi connectivity index (χ0) is 23.6. The maximum absolute atomic E-state index is 13.4. The molecular weight excluding hydrogens is 480 g/mol. The predicted octanol–water partition coefficient (Wildman–Crippen LogP) is 5.43. The van der Waals surface area contributed by atoms with E-state index < -0.39 is 23.6 Å². The molecule has 164 valence electrons. The monoisotopic (exact) mass is 494 g/mol. The number of imide groups is 2. The number of hydrogen-bond acceptors (Lipinski definition) is 6. The molecule has 0 unspecified atom stereocenters. The van der Waals surface area contributed by atoms with Crippen LogP contribution in [0.25, 0.3) is 26.1 Å². The Balaban J connectivity index is 2.07. The summed E-state index contributed by atoms with van der Waals surface area (Å²) in [6.45, 7) is 3.74. The van der Waals surface area contributed by atoms with Gasteiger partial charge in [-0.1, -0.05) is 18.7 Å². The summed E-state index contributed by atoms with van der Waals surface area (Å²) < 4.78 is 0.564. The van der Waals surface area contributed by atoms with Gasteiger partial charge >= 0.3 is 0 Å². The van der Waals surface area contributed by atoms with Crippen molar-refractivity contribution in [2.24, 2.45) is 0 Å². The Hall–Kier alpha value is -3.20. The van der Waals surface area contributed by atoms with Crippen LogP contribution in [0.1, 0.15) is 47.0 Å². The molecule has 9 heteroatoms. The minimum Gasteiger partial charge on any atom is -0.277 e. The molecule has 0 atom stereocenters. The van der Waals surface area contributed by atoms with Gasteiger partial charge in [0.25, 0.3) is 23.6 Å². The van der Waals surface area contributed by atoms with E-state index in [9.17, 15) is 19.2 Å². The zero-order valence-corrected chi connectivity index (χ0v) is 19.9. The van der Waals surface area contributed by atoms with Crippen molar-refractivity contribution in [3.8, 4) is 10.4 Å². The molecule has 2 aromatic carbocycles. The fraction of sp³-hybridized carbons (Fsp3) is 0.0833. The molecule has 2 aliphatic heterocycles. The van der Waals surface area contributed by atoms with E-state index in [4.69, 9.17) is 11.8 Å². The first kappa shape index (κ1) is 21.6. The fourth-order valence-corrected chi connectivity index (χ4v) is 5.89. The predicted molar refractivity (Wildman–Crippen MR) is 132 cm³/mol. The number of benzene rings is 2. The number of carbonyl (C=O) groups is 4. The highest BCUT2D eigenvalue weighted by molar-refractivity contribution is 8.07. The van der Waals surface area contributed by atoms with Gasteiger partial charge in [0.1, 0.15) is 0 Å². The summed E-state index contributed by atoms with van der Waals surface area (Å²) in [5.74, 6) is -2.38. The maximum Gasteiger partial charge on any atom is 0.276 e. The number of hydrogen-bond donors (Lipinski definition) is 0. The Morgan fingerprint density at radius 1 is 1.00 bits per heavy atom. The van der Waals surface area contributed by atoms with Gasteiger partial charge in [0.05, 0.1) is 16.7 Å². The van der Waals surface area contributed by atoms with Crippen molar-refractivity contribution in [1.82, 2.24) is 9.32 Å². The van der Waals surface area contributed by atoms with Crippen LogP contribution in [-0.4, -0.2) is 46.3 Å². The van der Waals surface area contributed by atoms with Crippen molar-refractivity contribution in [1.29, 1.82) is 0 Å². The average molecular weight is 495 g/mol. The summed E-state index contributed by atoms with van der Waals surface area (Å²) in [5.41, 5.74) is 1.90. The van der Waals surface area contributed by atoms with Gasteiger partial charge in [-0.3, -0.25) is 24.1 Å². The van der Waals surface area contributed by atoms with Crippen molar-refractivity contribution in [3.05, 3.63) is 76.2 Å². The van der Waals surface area contributed by atoms with Crippen LogP contribution in [0.2, 0.25) is 0 Å². The quantitative estimate of drug-likeness (QED) is 0.274. The van der Waals surface area contributed by atoms with Crippen LogP contribution < -0.4 is 0 Å². The second-order valence-electron chi connectivity index (χ2n) is 7.45. The third-order valence-corrected chi connectivity index (χ3v) is 7.81. The molecule has 4 amide bonds. The largest absolute Gasteiger partial charge is 0.277 e. The molecular formula is C24H15ClN2O4S2. The normalized spacial score (nSPS) is 15.7. The number of allylic oxidation sites excluding steroid dienone is 2. The summed E-state index contributed by atoms with van der Waals surface area (Å²) in [4.78, 5) is 55.5. The van der Waals surface area contributed by atoms with Gasteiger partial charge in [0.15, 0.2) is 0 Å². The maximum atomic E-state index is 13.4. The van der Waals surface area contributed by atoms with Crippen LogP contribution >= 0.6 is 34.9 Å². The molecule has 33 heavy (non-hydrogen) atoms. The molecule has 0 bridgehead atoms. The third-order valence-electron chi connectivity index (χ3n) is 5.80. The SMILES string of the molecule is C=CC=C(SC)c1cc2c3c(c(-c4cccs4)cc4c3c1C(=O)N(C)C4=O)C(=O)N(Cl)C2=O. The van der Waals surface area contributed by atoms with E-state index in [2.05, 4.69) is 6.58 Å². The van der Waals surface area contributed by atoms with Crippen molar-refractivity contribution >= 4 is 74.2 Å². The lowest BCUT2D eigenvalue weighted by atomic mass is 9.81. The molecule has 2 aliphatic rings. The standard InChI is InChI=1S/C24H15ClN2O4S2/c1-4-6-15(32-3)11-9-14-18-17-13(21(28)26(2)23(30)19(11)17)10-12(16-7-5-8-33-16)20(18)24(31)27(25)22(14)29/h4-10H,1H2,2-3H3. The third kappa shape index (κ3) is 2.88. The first-order valence-corrected chi connectivity index (χ1v) is 12.2. The molecule has 0 saturated carbocycles. The van der Waals surface area contributed by atoms with Gasteiger partial charge in [-0.15, -0.1) is 23.1 Å². The molecule has 0 fully saturated rings. The number of carbonyl (C=O) groups excluding carboxylic acids is 4. The van der Waals surface area contributed by atoms with Gasteiger partial charge in [-0.25, -0.2) is 0 Å². The minimum atomic E-state index is -0.700. The lowest BCUT2D eigenvalue weighted by molar-refractivity contribution is 0.0645. The Kier molecular flexibility index (Phi) is 5.04. The van der Waals surface area contributed by atoms with E-state index in [0.717, 1.165) is 9.78 Å². The second-order valence-corrected chi connectivity index (χ2v) is 9.59. The van der Waals surface area contributed by atoms with Crippen LogP contribution in [-0.2, 0) is 0 Å². The lowest BCUT2D eigenvalue weighted by Gasteiger charge is -2.31. The van der Waals surface area contributed by atoms with Crippen LogP contribution in [0, 0.1) is 0 Å². The van der Waals surface area contributed by atoms with Gasteiger partial charge in [-0.05, 0) is 35.9 Å². The van der Waals surface area contributed by atoms with Gasteiger partial charge in [-0.2, -0.15) is 4.42 Å². The zero-order valence-electron chi connectivity index (χ0n) is 17.5. The molecule has 1 aromatic heterocycles. The minimum absolute atomic E-state index is 0.169. The van der Waals surface area contributed by atoms with Crippen LogP contribution in [0.5, 0.6) is 0 Å². The summed E-state index contributed by atoms with van der Waals surface area (Å²) in [6, 6.07) is 6.87. The number of nitrogens with zero attached hydrogens (tertiary/aromatic N) is 2. The molecule has 3 aromatic rings. The molecule has 5 rings (SSSR count). The molecule has 0 aliphatic carbocycles. The Morgan fingerprint density at radius 3 is 2.33 bits per heavy atom. The van der Waals surface area contributed by atoms with E-state index in [0.29, 0.717) is 25.8 Å². The molecule has 6 nitrogen and oxygen atoms in total. The highest BCUT2D eigenvalue weighted by atomic mass is 35.5. The number of rotatable bonds is 4. The van der Waals surface area contributed by atoms with Crippen molar-refractivity contribution in [2.45, 2.75) is 0 Å². The second kappa shape index (κ2) is 7.69. The van der Waals surface area contributed by atoms with E-state index in [1.54, 1.807) is 24.3 Å². The van der Waals surface area contributed by atoms with Crippen LogP contribution in [0.15, 0.2) is 48.4 Å². The first-order valence-electron chi connectivity index (χ1n) is 9.77. The van der Waals surface area contributed by atoms with E-state index in [1.165, 1.54) is 30.1 Å². The number of thiophene rings is 1. The first-order chi connectivity index (χ1) is 15.8. The summed E-state index contributed by atoms with van der Waals surface area (Å²) in [7, 11) is 1.43. The molecule has 0 spiro atoms. The Labute approximate surface area is 202 Å². The average Bonchev–Trinajstić information content (AvgIpc) is 3.36. The molecule has 0 saturated heterocycles. The number of thioether (sulfide) groups is 1. The van der Waals surface area contributed by atoms with E-state index in [-0.39, 0.29) is 27.6 Å². The van der Waals surface area contributed by atoms with Crippen molar-refractivity contribution in [3.63, 3.8) is 0 Å². The topological polar surface area (TPSA) is 74.8 Å². The summed E-state index contributed by atoms with van der Waals surface area (Å²) >= 11 is 8.93. The van der Waals surface area contributed by atoms with Gasteiger partial charge < -0.3 is 0 Å². The van der Waals surface area contributed by atoms with E-state index in [1.807, 2.05) is 23.8 Å². The highest BCUT2D eigenvalue weighted by Crippen LogP contribution is 2.46. The Bertz CT molecular complexity index is 1470. The number of amides is 4. The fourth-order valence-electron chi connectivity index (χ4n) is 4.35. The molecule has 3 heterocycles. The lowest BCUT2D eigenvalue weighted by Crippen LogP contribution is -2.40. The molecule has 0 radical (unpaired) electrons.